The van der Waals surface area contributed by atoms with Crippen LogP contribution < -0.4 is 10.1 Å². The van der Waals surface area contributed by atoms with Crippen LogP contribution in [0, 0.1) is 11.6 Å². The molecule has 126 valence electrons. The molecular weight excluding hydrogens is 324 g/mol. The molecule has 0 aliphatic rings. The molecular formula is C20H15F2NO2. The lowest BCUT2D eigenvalue weighted by Crippen LogP contribution is -2.13. The quantitative estimate of drug-likeness (QED) is 0.725. The zero-order valence-corrected chi connectivity index (χ0v) is 13.2. The van der Waals surface area contributed by atoms with Gasteiger partial charge >= 0.3 is 0 Å². The van der Waals surface area contributed by atoms with E-state index in [0.29, 0.717) is 17.0 Å². The molecule has 1 N–H and O–H groups in total. The van der Waals surface area contributed by atoms with E-state index >= 15 is 0 Å². The van der Waals surface area contributed by atoms with Gasteiger partial charge in [0, 0.05) is 11.3 Å². The van der Waals surface area contributed by atoms with Crippen LogP contribution in [-0.2, 0) is 6.61 Å². The highest BCUT2D eigenvalue weighted by Crippen LogP contribution is 2.22. The number of benzene rings is 3. The van der Waals surface area contributed by atoms with E-state index in [1.807, 2.05) is 18.2 Å². The topological polar surface area (TPSA) is 38.3 Å². The summed E-state index contributed by atoms with van der Waals surface area (Å²) in [7, 11) is 0. The van der Waals surface area contributed by atoms with Crippen LogP contribution in [0.4, 0.5) is 14.5 Å². The third kappa shape index (κ3) is 4.01. The molecule has 0 heterocycles. The van der Waals surface area contributed by atoms with Gasteiger partial charge in [-0.3, -0.25) is 4.79 Å². The van der Waals surface area contributed by atoms with Crippen LogP contribution in [0.15, 0.2) is 72.8 Å². The number of hydrogen-bond acceptors (Lipinski definition) is 2. The van der Waals surface area contributed by atoms with Gasteiger partial charge in [0.15, 0.2) is 11.6 Å². The zero-order chi connectivity index (χ0) is 17.6. The number of anilines is 1. The molecule has 0 bridgehead atoms. The third-order valence-electron chi connectivity index (χ3n) is 3.58. The van der Waals surface area contributed by atoms with Crippen LogP contribution in [0.5, 0.6) is 5.75 Å². The number of rotatable bonds is 5. The van der Waals surface area contributed by atoms with Crippen molar-refractivity contribution >= 4 is 11.6 Å². The summed E-state index contributed by atoms with van der Waals surface area (Å²) in [5.74, 6) is -1.94. The van der Waals surface area contributed by atoms with Crippen molar-refractivity contribution in [3.63, 3.8) is 0 Å². The second kappa shape index (κ2) is 7.57. The molecule has 0 fully saturated rings. The van der Waals surface area contributed by atoms with Crippen LogP contribution in [0.25, 0.3) is 0 Å². The first-order valence-corrected chi connectivity index (χ1v) is 7.66. The predicted octanol–water partition coefficient (Wildman–Crippen LogP) is 4.80. The van der Waals surface area contributed by atoms with Crippen molar-refractivity contribution in [1.29, 1.82) is 0 Å². The Morgan fingerprint density at radius 2 is 1.60 bits per heavy atom. The molecule has 3 aromatic carbocycles. The highest BCUT2D eigenvalue weighted by molar-refractivity contribution is 6.06. The van der Waals surface area contributed by atoms with E-state index in [0.717, 1.165) is 6.07 Å². The number of carbonyl (C=O) groups is 1. The highest BCUT2D eigenvalue weighted by Gasteiger charge is 2.14. The fourth-order valence-electron chi connectivity index (χ4n) is 2.32. The second-order valence-corrected chi connectivity index (χ2v) is 5.32. The molecule has 5 heteroatoms. The van der Waals surface area contributed by atoms with Gasteiger partial charge in [0.05, 0.1) is 5.56 Å². The van der Waals surface area contributed by atoms with E-state index in [9.17, 15) is 13.6 Å². The molecule has 0 saturated carbocycles. The maximum atomic E-state index is 13.7. The minimum absolute atomic E-state index is 0.0817. The third-order valence-corrected chi connectivity index (χ3v) is 3.58. The fraction of sp³-hybridized carbons (Fsp3) is 0.0500. The van der Waals surface area contributed by atoms with Crippen LogP contribution in [0.2, 0.25) is 0 Å². The fourth-order valence-corrected chi connectivity index (χ4v) is 2.32. The van der Waals surface area contributed by atoms with Gasteiger partial charge in [-0.05, 0) is 30.3 Å². The summed E-state index contributed by atoms with van der Waals surface area (Å²) >= 11 is 0. The second-order valence-electron chi connectivity index (χ2n) is 5.32. The van der Waals surface area contributed by atoms with Gasteiger partial charge in [0.25, 0.3) is 5.91 Å². The summed E-state index contributed by atoms with van der Waals surface area (Å²) in [6.45, 7) is -0.181. The zero-order valence-electron chi connectivity index (χ0n) is 13.2. The number of hydrogen-bond donors (Lipinski definition) is 1. The van der Waals surface area contributed by atoms with E-state index in [-0.39, 0.29) is 18.1 Å². The van der Waals surface area contributed by atoms with Gasteiger partial charge in [-0.2, -0.15) is 0 Å². The minimum Gasteiger partial charge on any atom is -0.488 e. The number of para-hydroxylation sites is 2. The van der Waals surface area contributed by atoms with Gasteiger partial charge in [-0.25, -0.2) is 8.78 Å². The molecule has 0 aromatic heterocycles. The first-order chi connectivity index (χ1) is 12.1. The summed E-state index contributed by atoms with van der Waals surface area (Å²) in [6.07, 6.45) is 0. The van der Waals surface area contributed by atoms with Gasteiger partial charge in [0.1, 0.15) is 12.4 Å². The lowest BCUT2D eigenvalue weighted by Gasteiger charge is -2.12. The van der Waals surface area contributed by atoms with E-state index in [4.69, 9.17) is 4.74 Å². The standard InChI is InChI=1S/C20H15F2NO2/c21-17-11-6-7-14(19(17)22)13-25-18-12-5-4-10-16(18)20(24)23-15-8-2-1-3-9-15/h1-12H,13H2,(H,23,24). The molecule has 0 radical (unpaired) electrons. The van der Waals surface area contributed by atoms with E-state index in [1.165, 1.54) is 12.1 Å². The predicted molar refractivity (Wildman–Crippen MR) is 91.5 cm³/mol. The number of amides is 1. The largest absolute Gasteiger partial charge is 0.488 e. The molecule has 25 heavy (non-hydrogen) atoms. The summed E-state index contributed by atoms with van der Waals surface area (Å²) in [5.41, 5.74) is 1.04. The first-order valence-electron chi connectivity index (χ1n) is 7.66. The Bertz CT molecular complexity index is 882. The van der Waals surface area contributed by atoms with Crippen molar-refractivity contribution in [1.82, 2.24) is 0 Å². The summed E-state index contributed by atoms with van der Waals surface area (Å²) < 4.78 is 32.5. The molecule has 3 rings (SSSR count). The molecule has 0 spiro atoms. The van der Waals surface area contributed by atoms with Crippen LogP contribution in [0.3, 0.4) is 0 Å². The molecule has 3 nitrogen and oxygen atoms in total. The van der Waals surface area contributed by atoms with Crippen molar-refractivity contribution in [2.45, 2.75) is 6.61 Å². The Morgan fingerprint density at radius 1 is 0.880 bits per heavy atom. The molecule has 0 atom stereocenters. The van der Waals surface area contributed by atoms with Crippen LogP contribution >= 0.6 is 0 Å². The average Bonchev–Trinajstić information content (AvgIpc) is 2.64. The average molecular weight is 339 g/mol. The number of ether oxygens (including phenoxy) is 1. The van der Waals surface area contributed by atoms with Gasteiger partial charge < -0.3 is 10.1 Å². The van der Waals surface area contributed by atoms with Crippen molar-refractivity contribution in [3.05, 3.63) is 95.6 Å². The SMILES string of the molecule is O=C(Nc1ccccc1)c1ccccc1OCc1cccc(F)c1F. The molecule has 1 amide bonds. The normalized spacial score (nSPS) is 10.3. The first kappa shape index (κ1) is 16.6. The van der Waals surface area contributed by atoms with Crippen molar-refractivity contribution in [2.75, 3.05) is 5.32 Å². The molecule has 3 aromatic rings. The van der Waals surface area contributed by atoms with Crippen molar-refractivity contribution in [2.24, 2.45) is 0 Å². The van der Waals surface area contributed by atoms with Crippen molar-refractivity contribution in [3.8, 4) is 5.75 Å². The summed E-state index contributed by atoms with van der Waals surface area (Å²) in [4.78, 5) is 12.4. The van der Waals surface area contributed by atoms with Crippen molar-refractivity contribution < 1.29 is 18.3 Å². The van der Waals surface area contributed by atoms with Gasteiger partial charge in [-0.15, -0.1) is 0 Å². The number of carbonyl (C=O) groups excluding carboxylic acids is 1. The maximum absolute atomic E-state index is 13.7. The van der Waals surface area contributed by atoms with Crippen LogP contribution in [-0.4, -0.2) is 5.91 Å². The number of halogens is 2. The highest BCUT2D eigenvalue weighted by atomic mass is 19.2. The van der Waals surface area contributed by atoms with E-state index in [2.05, 4.69) is 5.32 Å². The molecule has 0 unspecified atom stereocenters. The smallest absolute Gasteiger partial charge is 0.259 e. The van der Waals surface area contributed by atoms with E-state index < -0.39 is 11.6 Å². The molecule has 0 aliphatic heterocycles. The lowest BCUT2D eigenvalue weighted by atomic mass is 10.1. The summed E-state index contributed by atoms with van der Waals surface area (Å²) in [5, 5.41) is 2.76. The Kier molecular flexibility index (Phi) is 5.04. The molecule has 0 saturated heterocycles. The lowest BCUT2D eigenvalue weighted by molar-refractivity contribution is 0.102. The molecule has 0 aliphatic carbocycles. The Hall–Kier alpha value is -3.21. The Morgan fingerprint density at radius 3 is 2.40 bits per heavy atom. The van der Waals surface area contributed by atoms with Gasteiger partial charge in [0.2, 0.25) is 0 Å². The monoisotopic (exact) mass is 339 g/mol. The Labute approximate surface area is 143 Å². The minimum atomic E-state index is -0.950. The van der Waals surface area contributed by atoms with Gasteiger partial charge in [-0.1, -0.05) is 42.5 Å². The number of nitrogens with one attached hydrogen (secondary N) is 1. The maximum Gasteiger partial charge on any atom is 0.259 e. The van der Waals surface area contributed by atoms with Crippen LogP contribution in [0.1, 0.15) is 15.9 Å². The Balaban J connectivity index is 1.77. The van der Waals surface area contributed by atoms with E-state index in [1.54, 1.807) is 36.4 Å². The summed E-state index contributed by atoms with van der Waals surface area (Å²) in [6, 6.07) is 19.5.